The lowest BCUT2D eigenvalue weighted by atomic mass is 10.2. The van der Waals surface area contributed by atoms with Crippen molar-refractivity contribution in [2.75, 3.05) is 7.05 Å². The molecule has 0 bridgehead atoms. The predicted molar refractivity (Wildman–Crippen MR) is 36.7 cm³/mol. The van der Waals surface area contributed by atoms with E-state index < -0.39 is 6.23 Å². The second kappa shape index (κ2) is 2.23. The number of hydrogen-bond acceptors (Lipinski definition) is 2. The van der Waals surface area contributed by atoms with Gasteiger partial charge in [0.2, 0.25) is 0 Å². The summed E-state index contributed by atoms with van der Waals surface area (Å²) in [5.41, 5.74) is 1.09. The number of likely N-dealkylation sites (N-methyl/N-ethyl adjacent to an activating group) is 1. The molecule has 0 amide bonds. The highest BCUT2D eigenvalue weighted by molar-refractivity contribution is 5.16. The van der Waals surface area contributed by atoms with E-state index in [0.717, 1.165) is 5.70 Å². The first-order valence-corrected chi connectivity index (χ1v) is 2.98. The minimum absolute atomic E-state index is 0.435. The highest BCUT2D eigenvalue weighted by Gasteiger charge is 2.08. The minimum atomic E-state index is -0.435. The molecule has 1 aliphatic heterocycles. The zero-order valence-electron chi connectivity index (χ0n) is 5.70. The first-order chi connectivity index (χ1) is 4.22. The van der Waals surface area contributed by atoms with Crippen LogP contribution in [0.4, 0.5) is 0 Å². The largest absolute Gasteiger partial charge is 0.370 e. The van der Waals surface area contributed by atoms with Crippen LogP contribution in [0.15, 0.2) is 23.9 Å². The van der Waals surface area contributed by atoms with Crippen molar-refractivity contribution in [2.45, 2.75) is 13.2 Å². The summed E-state index contributed by atoms with van der Waals surface area (Å²) >= 11 is 0. The zero-order valence-corrected chi connectivity index (χ0v) is 5.70. The third-order valence-corrected chi connectivity index (χ3v) is 1.57. The first-order valence-electron chi connectivity index (χ1n) is 2.98. The maximum absolute atomic E-state index is 9.15. The topological polar surface area (TPSA) is 23.5 Å². The molecular formula is C7H11NO. The molecule has 1 N–H and O–H groups in total. The summed E-state index contributed by atoms with van der Waals surface area (Å²) in [5, 5.41) is 9.15. The molecule has 1 rings (SSSR count). The van der Waals surface area contributed by atoms with Crippen LogP contribution < -0.4 is 0 Å². The quantitative estimate of drug-likeness (QED) is 0.515. The molecule has 0 aromatic carbocycles. The molecule has 0 saturated carbocycles. The Morgan fingerprint density at radius 1 is 1.67 bits per heavy atom. The molecule has 2 nitrogen and oxygen atoms in total. The fourth-order valence-corrected chi connectivity index (χ4v) is 0.749. The van der Waals surface area contributed by atoms with Crippen LogP contribution >= 0.6 is 0 Å². The van der Waals surface area contributed by atoms with E-state index in [0.29, 0.717) is 0 Å². The van der Waals surface area contributed by atoms with Gasteiger partial charge in [0.15, 0.2) is 0 Å². The molecule has 0 aromatic heterocycles. The van der Waals surface area contributed by atoms with Gasteiger partial charge >= 0.3 is 0 Å². The van der Waals surface area contributed by atoms with E-state index in [-0.39, 0.29) is 0 Å². The van der Waals surface area contributed by atoms with Crippen molar-refractivity contribution in [1.29, 1.82) is 0 Å². The zero-order chi connectivity index (χ0) is 6.85. The van der Waals surface area contributed by atoms with Gasteiger partial charge in [0.25, 0.3) is 0 Å². The van der Waals surface area contributed by atoms with Gasteiger partial charge < -0.3 is 10.0 Å². The first kappa shape index (κ1) is 6.36. The molecule has 0 spiro atoms. The standard InChI is InChI=1S/C7H11NO/c1-6-4-3-5-7(9)8(6)2/h3-5,7,9H,1-2H3. The van der Waals surface area contributed by atoms with Crippen LogP contribution in [0.25, 0.3) is 0 Å². The van der Waals surface area contributed by atoms with Crippen molar-refractivity contribution in [3.63, 3.8) is 0 Å². The van der Waals surface area contributed by atoms with Crippen LogP contribution in [0.5, 0.6) is 0 Å². The second-order valence-electron chi connectivity index (χ2n) is 2.22. The average molecular weight is 125 g/mol. The third kappa shape index (κ3) is 1.13. The average Bonchev–Trinajstić information content (AvgIpc) is 1.83. The molecule has 50 valence electrons. The van der Waals surface area contributed by atoms with Crippen LogP contribution in [0, 0.1) is 0 Å². The molecule has 0 aromatic rings. The molecule has 1 heterocycles. The SMILES string of the molecule is CC1=CC=CC(O)N1C. The van der Waals surface area contributed by atoms with Crippen molar-refractivity contribution in [3.8, 4) is 0 Å². The minimum Gasteiger partial charge on any atom is -0.370 e. The number of allylic oxidation sites excluding steroid dienone is 3. The Kier molecular flexibility index (Phi) is 1.58. The molecule has 0 radical (unpaired) electrons. The van der Waals surface area contributed by atoms with Gasteiger partial charge in [-0.25, -0.2) is 0 Å². The lowest BCUT2D eigenvalue weighted by molar-refractivity contribution is 0.0871. The Hall–Kier alpha value is -0.760. The maximum Gasteiger partial charge on any atom is 0.146 e. The molecule has 2 heteroatoms. The molecule has 0 fully saturated rings. The van der Waals surface area contributed by atoms with Crippen molar-refractivity contribution >= 4 is 0 Å². The van der Waals surface area contributed by atoms with Crippen LogP contribution in [0.3, 0.4) is 0 Å². The summed E-state index contributed by atoms with van der Waals surface area (Å²) in [4.78, 5) is 1.81. The number of aliphatic hydroxyl groups is 1. The summed E-state index contributed by atoms with van der Waals surface area (Å²) in [5.74, 6) is 0. The summed E-state index contributed by atoms with van der Waals surface area (Å²) in [6.07, 6.45) is 5.13. The Bertz CT molecular complexity index is 160. The van der Waals surface area contributed by atoms with Gasteiger partial charge in [0, 0.05) is 12.7 Å². The summed E-state index contributed by atoms with van der Waals surface area (Å²) < 4.78 is 0. The molecule has 1 aliphatic rings. The third-order valence-electron chi connectivity index (χ3n) is 1.57. The Morgan fingerprint density at radius 3 is 2.78 bits per heavy atom. The lowest BCUT2D eigenvalue weighted by Crippen LogP contribution is -2.29. The lowest BCUT2D eigenvalue weighted by Gasteiger charge is -2.25. The fourth-order valence-electron chi connectivity index (χ4n) is 0.749. The molecule has 9 heavy (non-hydrogen) atoms. The van der Waals surface area contributed by atoms with E-state index in [4.69, 9.17) is 5.11 Å². The van der Waals surface area contributed by atoms with E-state index in [1.165, 1.54) is 0 Å². The van der Waals surface area contributed by atoms with Crippen LogP contribution in [0.1, 0.15) is 6.92 Å². The van der Waals surface area contributed by atoms with E-state index in [1.807, 2.05) is 26.1 Å². The number of rotatable bonds is 0. The van der Waals surface area contributed by atoms with Crippen LogP contribution in [0.2, 0.25) is 0 Å². The van der Waals surface area contributed by atoms with Gasteiger partial charge in [0.05, 0.1) is 0 Å². The normalized spacial score (nSPS) is 26.3. The number of aliphatic hydroxyl groups excluding tert-OH is 1. The van der Waals surface area contributed by atoms with E-state index in [9.17, 15) is 0 Å². The Balaban J connectivity index is 2.73. The highest BCUT2D eigenvalue weighted by atomic mass is 16.3. The Morgan fingerprint density at radius 2 is 2.33 bits per heavy atom. The van der Waals surface area contributed by atoms with E-state index in [2.05, 4.69) is 0 Å². The second-order valence-corrected chi connectivity index (χ2v) is 2.22. The van der Waals surface area contributed by atoms with E-state index >= 15 is 0 Å². The van der Waals surface area contributed by atoms with Gasteiger partial charge in [-0.05, 0) is 19.1 Å². The smallest absolute Gasteiger partial charge is 0.146 e. The molecule has 1 unspecified atom stereocenters. The number of hydrogen-bond donors (Lipinski definition) is 1. The van der Waals surface area contributed by atoms with Crippen molar-refractivity contribution in [1.82, 2.24) is 4.90 Å². The molecular weight excluding hydrogens is 114 g/mol. The van der Waals surface area contributed by atoms with E-state index in [1.54, 1.807) is 11.0 Å². The van der Waals surface area contributed by atoms with Gasteiger partial charge in [-0.1, -0.05) is 6.08 Å². The van der Waals surface area contributed by atoms with Crippen LogP contribution in [-0.2, 0) is 0 Å². The van der Waals surface area contributed by atoms with Gasteiger partial charge in [-0.2, -0.15) is 0 Å². The van der Waals surface area contributed by atoms with Gasteiger partial charge in [-0.15, -0.1) is 0 Å². The van der Waals surface area contributed by atoms with Crippen molar-refractivity contribution < 1.29 is 5.11 Å². The molecule has 0 aliphatic carbocycles. The molecule has 0 saturated heterocycles. The van der Waals surface area contributed by atoms with Crippen molar-refractivity contribution in [3.05, 3.63) is 23.9 Å². The van der Waals surface area contributed by atoms with Crippen LogP contribution in [-0.4, -0.2) is 23.3 Å². The summed E-state index contributed by atoms with van der Waals surface area (Å²) in [7, 11) is 1.86. The summed E-state index contributed by atoms with van der Waals surface area (Å²) in [6.45, 7) is 1.96. The number of nitrogens with zero attached hydrogens (tertiary/aromatic N) is 1. The fraction of sp³-hybridized carbons (Fsp3) is 0.429. The predicted octanol–water partition coefficient (Wildman–Crippen LogP) is 0.710. The monoisotopic (exact) mass is 125 g/mol. The van der Waals surface area contributed by atoms with Gasteiger partial charge in [0.1, 0.15) is 6.23 Å². The van der Waals surface area contributed by atoms with Gasteiger partial charge in [-0.3, -0.25) is 0 Å². The van der Waals surface area contributed by atoms with Crippen molar-refractivity contribution in [2.24, 2.45) is 0 Å². The Labute approximate surface area is 55.1 Å². The maximum atomic E-state index is 9.15. The highest BCUT2D eigenvalue weighted by Crippen LogP contribution is 2.09. The summed E-state index contributed by atoms with van der Waals surface area (Å²) in [6, 6.07) is 0. The molecule has 1 atom stereocenters.